The fourth-order valence-corrected chi connectivity index (χ4v) is 9.37. The molecule has 1 aromatic carbocycles. The molecule has 1 saturated heterocycles. The summed E-state index contributed by atoms with van der Waals surface area (Å²) in [6.45, 7) is 17.1. The maximum atomic E-state index is 14.3. The molecule has 1 heterocycles. The van der Waals surface area contributed by atoms with Gasteiger partial charge in [0.1, 0.15) is 17.6 Å². The van der Waals surface area contributed by atoms with Crippen molar-refractivity contribution >= 4 is 52.8 Å². The van der Waals surface area contributed by atoms with Crippen molar-refractivity contribution < 1.29 is 38.4 Å². The van der Waals surface area contributed by atoms with Gasteiger partial charge in [-0.05, 0) is 89.2 Å². The minimum Gasteiger partial charge on any atom is -0.369 e. The van der Waals surface area contributed by atoms with Gasteiger partial charge in [-0.15, -0.1) is 0 Å². The smallest absolute Gasteiger partial charge is 0.252 e. The normalized spacial score (nSPS) is 16.4. The Morgan fingerprint density at radius 3 is 1.74 bits per heavy atom. The SMILES string of the molecule is CCCCCC(NC(=O)C(CCCCNC(=O)CC[C@H](NC(=O)C1(NC(=O)c2ccc(N3CCN(CC)CC3)cc2)CCCCC1)C(=O)NCCNC(=O)CC)NC)C(=O)NC(CCCCC)C(=O)C(C)C. The van der Waals surface area contributed by atoms with Crippen molar-refractivity contribution in [1.82, 2.24) is 47.4 Å². The summed E-state index contributed by atoms with van der Waals surface area (Å²) in [6, 6.07) is 4.38. The van der Waals surface area contributed by atoms with Crippen molar-refractivity contribution in [2.24, 2.45) is 5.92 Å². The summed E-state index contributed by atoms with van der Waals surface area (Å²) in [4.78, 5) is 112. The predicted molar refractivity (Wildman–Crippen MR) is 283 cm³/mol. The largest absolute Gasteiger partial charge is 0.369 e. The molecule has 0 bridgehead atoms. The number of rotatable bonds is 34. The van der Waals surface area contributed by atoms with E-state index in [0.29, 0.717) is 76.3 Å². The first kappa shape index (κ1) is 61.2. The third-order valence-electron chi connectivity index (χ3n) is 14.1. The zero-order valence-electron chi connectivity index (χ0n) is 44.9. The second-order valence-electron chi connectivity index (χ2n) is 20.0. The number of carbonyl (C=O) groups is 8. The van der Waals surface area contributed by atoms with Crippen LogP contribution in [0, 0.1) is 5.92 Å². The highest BCUT2D eigenvalue weighted by Crippen LogP contribution is 2.30. The fraction of sp³-hybridized carbons (Fsp3) is 0.741. The molecule has 72 heavy (non-hydrogen) atoms. The molecule has 406 valence electrons. The molecule has 3 unspecified atom stereocenters. The second-order valence-corrected chi connectivity index (χ2v) is 20.0. The molecule has 8 N–H and O–H groups in total. The summed E-state index contributed by atoms with van der Waals surface area (Å²) < 4.78 is 0. The molecule has 4 atom stereocenters. The van der Waals surface area contributed by atoms with Crippen LogP contribution in [0.4, 0.5) is 5.69 Å². The monoisotopic (exact) mass is 1010 g/mol. The van der Waals surface area contributed by atoms with Crippen molar-refractivity contribution in [3.05, 3.63) is 29.8 Å². The highest BCUT2D eigenvalue weighted by atomic mass is 16.2. The molecule has 1 aliphatic carbocycles. The maximum Gasteiger partial charge on any atom is 0.252 e. The Hall–Kier alpha value is -5.10. The molecule has 18 heteroatoms. The number of Topliss-reactive ketones (excluding diaryl/α,β-unsaturated/α-hetero) is 1. The Bertz CT molecular complexity index is 1850. The van der Waals surface area contributed by atoms with Crippen LogP contribution in [-0.4, -0.2) is 141 Å². The predicted octanol–water partition coefficient (Wildman–Crippen LogP) is 4.40. The van der Waals surface area contributed by atoms with Crippen LogP contribution in [0.1, 0.15) is 174 Å². The molecule has 0 radical (unpaired) electrons. The van der Waals surface area contributed by atoms with E-state index in [4.69, 9.17) is 0 Å². The Morgan fingerprint density at radius 1 is 0.583 bits per heavy atom. The van der Waals surface area contributed by atoms with E-state index in [1.165, 1.54) is 0 Å². The quantitative estimate of drug-likeness (QED) is 0.0451. The van der Waals surface area contributed by atoms with Crippen LogP contribution < -0.4 is 47.4 Å². The summed E-state index contributed by atoms with van der Waals surface area (Å²) in [7, 11) is 1.69. The van der Waals surface area contributed by atoms with E-state index in [9.17, 15) is 38.4 Å². The number of nitrogens with one attached hydrogen (secondary N) is 8. The average Bonchev–Trinajstić information content (AvgIpc) is 3.38. The fourth-order valence-electron chi connectivity index (χ4n) is 9.37. The van der Waals surface area contributed by atoms with Crippen LogP contribution in [0.5, 0.6) is 0 Å². The van der Waals surface area contributed by atoms with Crippen LogP contribution in [0.2, 0.25) is 0 Å². The van der Waals surface area contributed by atoms with E-state index in [1.54, 1.807) is 26.1 Å². The second kappa shape index (κ2) is 33.6. The van der Waals surface area contributed by atoms with Crippen LogP contribution >= 0.6 is 0 Å². The number of benzene rings is 1. The van der Waals surface area contributed by atoms with Crippen LogP contribution in [0.25, 0.3) is 0 Å². The molecule has 1 aliphatic heterocycles. The van der Waals surface area contributed by atoms with Crippen molar-refractivity contribution in [1.29, 1.82) is 0 Å². The number of unbranched alkanes of at least 4 members (excludes halogenated alkanes) is 5. The number of hydrogen-bond acceptors (Lipinski definition) is 11. The zero-order valence-corrected chi connectivity index (χ0v) is 44.9. The van der Waals surface area contributed by atoms with Crippen molar-refractivity contribution in [3.8, 4) is 0 Å². The van der Waals surface area contributed by atoms with Crippen molar-refractivity contribution in [3.63, 3.8) is 0 Å². The lowest BCUT2D eigenvalue weighted by molar-refractivity contribution is -0.134. The van der Waals surface area contributed by atoms with Gasteiger partial charge in [-0.25, -0.2) is 0 Å². The lowest BCUT2D eigenvalue weighted by Gasteiger charge is -2.38. The van der Waals surface area contributed by atoms with E-state index in [1.807, 2.05) is 26.0 Å². The van der Waals surface area contributed by atoms with Gasteiger partial charge in [0.25, 0.3) is 5.91 Å². The van der Waals surface area contributed by atoms with Crippen LogP contribution in [-0.2, 0) is 33.6 Å². The Morgan fingerprint density at radius 2 is 1.14 bits per heavy atom. The van der Waals surface area contributed by atoms with Gasteiger partial charge in [0.05, 0.1) is 12.1 Å². The van der Waals surface area contributed by atoms with Crippen LogP contribution in [0.3, 0.4) is 0 Å². The lowest BCUT2D eigenvalue weighted by atomic mass is 9.80. The number of anilines is 1. The number of ketones is 1. The number of hydrogen-bond donors (Lipinski definition) is 8. The van der Waals surface area contributed by atoms with Gasteiger partial charge in [-0.2, -0.15) is 0 Å². The molecule has 7 amide bonds. The molecule has 2 fully saturated rings. The number of piperazine rings is 1. The van der Waals surface area contributed by atoms with Gasteiger partial charge >= 0.3 is 0 Å². The number of amides is 7. The molecule has 3 rings (SSSR count). The molecule has 1 aromatic rings. The first-order valence-corrected chi connectivity index (χ1v) is 27.4. The summed E-state index contributed by atoms with van der Waals surface area (Å²) in [5.74, 6) is -2.75. The lowest BCUT2D eigenvalue weighted by Crippen LogP contribution is -2.62. The molecular formula is C54H92N10O8. The van der Waals surface area contributed by atoms with Crippen molar-refractivity contribution in [2.45, 2.75) is 193 Å². The van der Waals surface area contributed by atoms with Gasteiger partial charge in [0.15, 0.2) is 5.78 Å². The molecule has 0 aromatic heterocycles. The van der Waals surface area contributed by atoms with Gasteiger partial charge in [0.2, 0.25) is 35.4 Å². The molecule has 0 spiro atoms. The van der Waals surface area contributed by atoms with Gasteiger partial charge < -0.3 is 52.3 Å². The van der Waals surface area contributed by atoms with Gasteiger partial charge in [-0.1, -0.05) is 99.3 Å². The van der Waals surface area contributed by atoms with E-state index in [-0.39, 0.29) is 67.2 Å². The third-order valence-corrected chi connectivity index (χ3v) is 14.1. The molecular weight excluding hydrogens is 917 g/mol. The molecule has 18 nitrogen and oxygen atoms in total. The van der Waals surface area contributed by atoms with Crippen LogP contribution in [0.15, 0.2) is 24.3 Å². The van der Waals surface area contributed by atoms with Crippen molar-refractivity contribution in [2.75, 3.05) is 64.3 Å². The topological polar surface area (TPSA) is 239 Å². The maximum absolute atomic E-state index is 14.3. The standard InChI is InChI=1S/C54H92N10O8/c1-8-12-15-21-42(48(67)39(5)6)59-52(71)44(23-16-13-9-2)60-51(70)43(55-7)22-17-20-32-56-47(66)29-28-45(50(69)58-34-33-57-46(65)10-3)61-53(72)54(30-18-14-19-31-54)62-49(68)40-24-26-41(27-25-40)64-37-35-63(11-4)36-38-64/h24-27,39,42-45,55H,8-23,28-38H2,1-7H3,(H,56,66)(H,57,65)(H,58,69)(H,59,71)(H,60,70)(H,61,72)(H,62,68)/t42?,43?,44?,45-/m0/s1. The first-order valence-electron chi connectivity index (χ1n) is 27.4. The highest BCUT2D eigenvalue weighted by molar-refractivity contribution is 6.01. The Labute approximate surface area is 430 Å². The molecule has 1 saturated carbocycles. The average molecular weight is 1010 g/mol. The van der Waals surface area contributed by atoms with E-state index >= 15 is 0 Å². The van der Waals surface area contributed by atoms with Gasteiger partial charge in [-0.3, -0.25) is 38.4 Å². The third kappa shape index (κ3) is 21.2. The first-order chi connectivity index (χ1) is 34.6. The highest BCUT2D eigenvalue weighted by Gasteiger charge is 2.42. The summed E-state index contributed by atoms with van der Waals surface area (Å²) >= 11 is 0. The van der Waals surface area contributed by atoms with E-state index in [0.717, 1.165) is 83.4 Å². The van der Waals surface area contributed by atoms with E-state index < -0.39 is 41.5 Å². The summed E-state index contributed by atoms with van der Waals surface area (Å²) in [5.41, 5.74) is 0.217. The zero-order chi connectivity index (χ0) is 52.9. The number of nitrogens with zero attached hydrogens (tertiary/aromatic N) is 2. The Balaban J connectivity index is 1.60. The summed E-state index contributed by atoms with van der Waals surface area (Å²) in [6.07, 6.45) is 11.3. The summed E-state index contributed by atoms with van der Waals surface area (Å²) in [5, 5.41) is 23.4. The minimum absolute atomic E-state index is 0.0111. The minimum atomic E-state index is -1.25. The van der Waals surface area contributed by atoms with Gasteiger partial charge in [0, 0.05) is 75.8 Å². The van der Waals surface area contributed by atoms with E-state index in [2.05, 4.69) is 73.1 Å². The molecule has 2 aliphatic rings. The number of carbonyl (C=O) groups excluding carboxylic acids is 8. The Kier molecular flexibility index (Phi) is 28.6. The number of likely N-dealkylation sites (N-methyl/N-ethyl adjacent to an activating group) is 2.